The third kappa shape index (κ3) is 3.57. The summed E-state index contributed by atoms with van der Waals surface area (Å²) in [5.41, 5.74) is 0. The Kier molecular flexibility index (Phi) is 4.36. The summed E-state index contributed by atoms with van der Waals surface area (Å²) in [6, 6.07) is 1.62. The van der Waals surface area contributed by atoms with Gasteiger partial charge >= 0.3 is 0 Å². The van der Waals surface area contributed by atoms with E-state index in [1.54, 1.807) is 13.0 Å². The van der Waals surface area contributed by atoms with E-state index in [9.17, 15) is 4.79 Å². The summed E-state index contributed by atoms with van der Waals surface area (Å²) in [4.78, 5) is 22.0. The van der Waals surface area contributed by atoms with Crippen LogP contribution in [0.25, 0.3) is 0 Å². The van der Waals surface area contributed by atoms with Gasteiger partial charge in [0.1, 0.15) is 16.8 Å². The first-order valence-electron chi connectivity index (χ1n) is 6.18. The molecule has 1 saturated heterocycles. The predicted octanol–water partition coefficient (Wildman–Crippen LogP) is 1.86. The Morgan fingerprint density at radius 1 is 1.39 bits per heavy atom. The van der Waals surface area contributed by atoms with E-state index in [-0.39, 0.29) is 12.5 Å². The monoisotopic (exact) mass is 268 g/mol. The zero-order chi connectivity index (χ0) is 13.0. The molecule has 0 radical (unpaired) electrons. The van der Waals surface area contributed by atoms with Gasteiger partial charge in [-0.15, -0.1) is 0 Å². The van der Waals surface area contributed by atoms with Crippen LogP contribution >= 0.6 is 11.6 Å². The molecule has 5 nitrogen and oxygen atoms in total. The number of halogens is 1. The van der Waals surface area contributed by atoms with Gasteiger partial charge in [0, 0.05) is 19.2 Å². The van der Waals surface area contributed by atoms with Crippen molar-refractivity contribution in [1.82, 2.24) is 14.9 Å². The molecule has 1 N–H and O–H groups in total. The van der Waals surface area contributed by atoms with E-state index >= 15 is 0 Å². The smallest absolute Gasteiger partial charge is 0.241 e. The Bertz CT molecular complexity index is 412. The average molecular weight is 269 g/mol. The molecule has 0 aromatic carbocycles. The van der Waals surface area contributed by atoms with E-state index in [0.29, 0.717) is 16.8 Å². The number of hydrogen-bond donors (Lipinski definition) is 1. The first kappa shape index (κ1) is 13.1. The number of nitrogens with one attached hydrogen (secondary N) is 1. The zero-order valence-corrected chi connectivity index (χ0v) is 11.2. The molecule has 1 aliphatic rings. The van der Waals surface area contributed by atoms with E-state index in [1.807, 2.05) is 4.90 Å². The van der Waals surface area contributed by atoms with Crippen LogP contribution in [-0.2, 0) is 4.79 Å². The van der Waals surface area contributed by atoms with Gasteiger partial charge in [-0.05, 0) is 26.2 Å². The molecule has 0 bridgehead atoms. The minimum atomic E-state index is 0.113. The van der Waals surface area contributed by atoms with Gasteiger partial charge in [-0.2, -0.15) is 0 Å². The van der Waals surface area contributed by atoms with Crippen molar-refractivity contribution in [2.45, 2.75) is 26.2 Å². The molecule has 1 aliphatic heterocycles. The second kappa shape index (κ2) is 6.00. The number of rotatable bonds is 3. The third-order valence-electron chi connectivity index (χ3n) is 2.94. The van der Waals surface area contributed by atoms with Crippen LogP contribution in [-0.4, -0.2) is 40.4 Å². The van der Waals surface area contributed by atoms with Gasteiger partial charge in [-0.3, -0.25) is 4.79 Å². The quantitative estimate of drug-likeness (QED) is 0.850. The molecule has 2 heterocycles. The molecule has 0 aliphatic carbocycles. The topological polar surface area (TPSA) is 58.1 Å². The standard InChI is InChI=1S/C12H17ClN4O/c1-9-15-10(13)7-11(16-9)14-8-12(18)17-5-3-2-4-6-17/h7H,2-6,8H2,1H3,(H,14,15,16). The lowest BCUT2D eigenvalue weighted by atomic mass is 10.1. The van der Waals surface area contributed by atoms with Crippen molar-refractivity contribution < 1.29 is 4.79 Å². The molecule has 0 spiro atoms. The molecule has 1 aromatic heterocycles. The summed E-state index contributed by atoms with van der Waals surface area (Å²) in [5.74, 6) is 1.30. The number of aromatic nitrogens is 2. The molecular weight excluding hydrogens is 252 g/mol. The van der Waals surface area contributed by atoms with Gasteiger partial charge in [-0.1, -0.05) is 11.6 Å². The van der Waals surface area contributed by atoms with E-state index in [0.717, 1.165) is 25.9 Å². The number of anilines is 1. The molecule has 0 atom stereocenters. The summed E-state index contributed by atoms with van der Waals surface area (Å²) >= 11 is 5.83. The van der Waals surface area contributed by atoms with Gasteiger partial charge in [0.05, 0.1) is 6.54 Å². The minimum Gasteiger partial charge on any atom is -0.361 e. The normalized spacial score (nSPS) is 15.6. The Balaban J connectivity index is 1.88. The fourth-order valence-corrected chi connectivity index (χ4v) is 2.27. The number of piperidine rings is 1. The predicted molar refractivity (Wildman–Crippen MR) is 70.7 cm³/mol. The van der Waals surface area contributed by atoms with Gasteiger partial charge < -0.3 is 10.2 Å². The number of nitrogens with zero attached hydrogens (tertiary/aromatic N) is 3. The van der Waals surface area contributed by atoms with Gasteiger partial charge in [0.15, 0.2) is 0 Å². The van der Waals surface area contributed by atoms with E-state index in [2.05, 4.69) is 15.3 Å². The van der Waals surface area contributed by atoms with Gasteiger partial charge in [0.25, 0.3) is 0 Å². The molecule has 1 aromatic rings. The Labute approximate surface area is 112 Å². The van der Waals surface area contributed by atoms with Crippen molar-refractivity contribution in [1.29, 1.82) is 0 Å². The number of hydrogen-bond acceptors (Lipinski definition) is 4. The van der Waals surface area contributed by atoms with E-state index in [1.165, 1.54) is 6.42 Å². The number of aryl methyl sites for hydroxylation is 1. The van der Waals surface area contributed by atoms with Crippen molar-refractivity contribution >= 4 is 23.3 Å². The SMILES string of the molecule is Cc1nc(Cl)cc(NCC(=O)N2CCCCC2)n1. The molecule has 0 saturated carbocycles. The largest absolute Gasteiger partial charge is 0.361 e. The highest BCUT2D eigenvalue weighted by atomic mass is 35.5. The second-order valence-corrected chi connectivity index (χ2v) is 4.81. The Hall–Kier alpha value is -1.36. The fraction of sp³-hybridized carbons (Fsp3) is 0.583. The number of amides is 1. The number of carbonyl (C=O) groups excluding carboxylic acids is 1. The first-order valence-corrected chi connectivity index (χ1v) is 6.56. The molecule has 98 valence electrons. The zero-order valence-electron chi connectivity index (χ0n) is 10.4. The molecule has 1 fully saturated rings. The maximum atomic E-state index is 11.9. The third-order valence-corrected chi connectivity index (χ3v) is 3.13. The molecule has 1 amide bonds. The molecular formula is C12H17ClN4O. The lowest BCUT2D eigenvalue weighted by Gasteiger charge is -2.26. The number of carbonyl (C=O) groups is 1. The molecule has 6 heteroatoms. The maximum Gasteiger partial charge on any atom is 0.241 e. The second-order valence-electron chi connectivity index (χ2n) is 4.42. The molecule has 0 unspecified atom stereocenters. The van der Waals surface area contributed by atoms with Crippen molar-refractivity contribution in [3.63, 3.8) is 0 Å². The van der Waals surface area contributed by atoms with E-state index in [4.69, 9.17) is 11.6 Å². The fourth-order valence-electron chi connectivity index (χ4n) is 2.04. The lowest BCUT2D eigenvalue weighted by molar-refractivity contribution is -0.130. The lowest BCUT2D eigenvalue weighted by Crippen LogP contribution is -2.39. The van der Waals surface area contributed by atoms with Crippen molar-refractivity contribution in [2.24, 2.45) is 0 Å². The number of likely N-dealkylation sites (tertiary alicyclic amines) is 1. The highest BCUT2D eigenvalue weighted by molar-refractivity contribution is 6.29. The Morgan fingerprint density at radius 3 is 2.78 bits per heavy atom. The van der Waals surface area contributed by atoms with Crippen LogP contribution in [0.3, 0.4) is 0 Å². The summed E-state index contributed by atoms with van der Waals surface area (Å²) in [5, 5.41) is 3.38. The van der Waals surface area contributed by atoms with Gasteiger partial charge in [-0.25, -0.2) is 9.97 Å². The highest BCUT2D eigenvalue weighted by Crippen LogP contribution is 2.12. The van der Waals surface area contributed by atoms with Crippen LogP contribution in [0.15, 0.2) is 6.07 Å². The minimum absolute atomic E-state index is 0.113. The van der Waals surface area contributed by atoms with Crippen molar-refractivity contribution in [3.05, 3.63) is 17.0 Å². The highest BCUT2D eigenvalue weighted by Gasteiger charge is 2.16. The summed E-state index contributed by atoms with van der Waals surface area (Å²) in [6.45, 7) is 3.75. The summed E-state index contributed by atoms with van der Waals surface area (Å²) in [7, 11) is 0. The van der Waals surface area contributed by atoms with Crippen LogP contribution in [0.5, 0.6) is 0 Å². The maximum absolute atomic E-state index is 11.9. The van der Waals surface area contributed by atoms with Crippen LogP contribution < -0.4 is 5.32 Å². The van der Waals surface area contributed by atoms with Crippen LogP contribution in [0.4, 0.5) is 5.82 Å². The summed E-state index contributed by atoms with van der Waals surface area (Å²) in [6.07, 6.45) is 3.42. The average Bonchev–Trinajstić information content (AvgIpc) is 2.36. The summed E-state index contributed by atoms with van der Waals surface area (Å²) < 4.78 is 0. The van der Waals surface area contributed by atoms with Crippen molar-refractivity contribution in [3.8, 4) is 0 Å². The first-order chi connectivity index (χ1) is 8.65. The Morgan fingerprint density at radius 2 is 2.11 bits per heavy atom. The molecule has 18 heavy (non-hydrogen) atoms. The van der Waals surface area contributed by atoms with Crippen molar-refractivity contribution in [2.75, 3.05) is 25.0 Å². The van der Waals surface area contributed by atoms with E-state index < -0.39 is 0 Å². The van der Waals surface area contributed by atoms with Gasteiger partial charge in [0.2, 0.25) is 5.91 Å². The van der Waals surface area contributed by atoms with Crippen LogP contribution in [0.1, 0.15) is 25.1 Å². The molecule has 2 rings (SSSR count). The van der Waals surface area contributed by atoms with Crippen LogP contribution in [0, 0.1) is 6.92 Å². The van der Waals surface area contributed by atoms with Crippen LogP contribution in [0.2, 0.25) is 5.15 Å².